The number of H-pyrrole nitrogens is 1. The van der Waals surface area contributed by atoms with Crippen molar-refractivity contribution in [2.75, 3.05) is 13.1 Å². The summed E-state index contributed by atoms with van der Waals surface area (Å²) >= 11 is 0. The summed E-state index contributed by atoms with van der Waals surface area (Å²) in [7, 11) is 0. The number of aromatic amines is 1. The summed E-state index contributed by atoms with van der Waals surface area (Å²) in [5.74, 6) is -0.171. The van der Waals surface area contributed by atoms with Crippen LogP contribution in [0.1, 0.15) is 30.1 Å². The molecule has 1 aliphatic rings. The molecule has 3 rings (SSSR count). The minimum atomic E-state index is -0.673. The van der Waals surface area contributed by atoms with Gasteiger partial charge >= 0.3 is 11.1 Å². The van der Waals surface area contributed by atoms with E-state index in [9.17, 15) is 14.4 Å². The molecule has 7 heteroatoms. The molecule has 0 bridgehead atoms. The second kappa shape index (κ2) is 6.37. The fourth-order valence-electron chi connectivity index (χ4n) is 2.98. The molecule has 1 aromatic carbocycles. The normalized spacial score (nSPS) is 18.0. The summed E-state index contributed by atoms with van der Waals surface area (Å²) in [5.41, 5.74) is 0.331. The highest BCUT2D eigenvalue weighted by molar-refractivity contribution is 5.97. The van der Waals surface area contributed by atoms with Crippen LogP contribution in [0.3, 0.4) is 0 Å². The number of nitrogens with one attached hydrogen (secondary N) is 3. The van der Waals surface area contributed by atoms with Crippen molar-refractivity contribution in [3.63, 3.8) is 0 Å². The van der Waals surface area contributed by atoms with Crippen LogP contribution in [0.25, 0.3) is 11.0 Å². The van der Waals surface area contributed by atoms with Crippen LogP contribution in [-0.2, 0) is 6.54 Å². The van der Waals surface area contributed by atoms with Crippen molar-refractivity contribution in [1.29, 1.82) is 0 Å². The smallest absolute Gasteiger partial charge is 0.316 e. The van der Waals surface area contributed by atoms with Gasteiger partial charge in [-0.3, -0.25) is 14.4 Å². The maximum atomic E-state index is 12.4. The summed E-state index contributed by atoms with van der Waals surface area (Å²) in [4.78, 5) is 38.5. The van der Waals surface area contributed by atoms with E-state index >= 15 is 0 Å². The molecule has 0 aliphatic carbocycles. The zero-order valence-electron chi connectivity index (χ0n) is 13.0. The van der Waals surface area contributed by atoms with Gasteiger partial charge in [-0.05, 0) is 44.5 Å². The molecule has 1 amide bonds. The largest absolute Gasteiger partial charge is 0.348 e. The van der Waals surface area contributed by atoms with Crippen molar-refractivity contribution in [2.45, 2.75) is 32.4 Å². The van der Waals surface area contributed by atoms with Gasteiger partial charge in [-0.15, -0.1) is 0 Å². The van der Waals surface area contributed by atoms with Gasteiger partial charge in [0, 0.05) is 24.7 Å². The van der Waals surface area contributed by atoms with E-state index < -0.39 is 11.1 Å². The number of amides is 1. The maximum Gasteiger partial charge on any atom is 0.316 e. The number of aromatic nitrogens is 2. The molecule has 0 unspecified atom stereocenters. The quantitative estimate of drug-likeness (QED) is 0.705. The van der Waals surface area contributed by atoms with Crippen LogP contribution in [0.2, 0.25) is 0 Å². The average Bonchev–Trinajstić information content (AvgIpc) is 2.56. The Morgan fingerprint density at radius 3 is 2.91 bits per heavy atom. The van der Waals surface area contributed by atoms with Gasteiger partial charge in [0.2, 0.25) is 0 Å². The Labute approximate surface area is 132 Å². The highest BCUT2D eigenvalue weighted by Crippen LogP contribution is 2.12. The second-order valence-electron chi connectivity index (χ2n) is 5.75. The standard InChI is InChI=1S/C16H20N4O3/c1-2-20-13-6-5-10(8-12(13)19-15(22)16(20)23)14(21)18-11-4-3-7-17-9-11/h5-6,8,11,17H,2-4,7,9H2,1H3,(H,18,21)(H,19,22)/t11-/m0/s1. The summed E-state index contributed by atoms with van der Waals surface area (Å²) in [6.07, 6.45) is 2.00. The first-order valence-corrected chi connectivity index (χ1v) is 7.88. The van der Waals surface area contributed by atoms with Crippen molar-refractivity contribution < 1.29 is 4.79 Å². The number of hydrogen-bond donors (Lipinski definition) is 3. The minimum Gasteiger partial charge on any atom is -0.348 e. The van der Waals surface area contributed by atoms with Crippen LogP contribution in [0.5, 0.6) is 0 Å². The number of carbonyl (C=O) groups excluding carboxylic acids is 1. The third-order valence-corrected chi connectivity index (χ3v) is 4.19. The van der Waals surface area contributed by atoms with Gasteiger partial charge in [0.25, 0.3) is 5.91 Å². The van der Waals surface area contributed by atoms with Gasteiger partial charge in [0.1, 0.15) is 0 Å². The SMILES string of the molecule is CCn1c(=O)c(=O)[nH]c2cc(C(=O)N[C@H]3CCCNC3)ccc21. The maximum absolute atomic E-state index is 12.4. The van der Waals surface area contributed by atoms with Crippen molar-refractivity contribution in [1.82, 2.24) is 20.2 Å². The van der Waals surface area contributed by atoms with Gasteiger partial charge in [-0.1, -0.05) is 0 Å². The number of carbonyl (C=O) groups is 1. The van der Waals surface area contributed by atoms with Crippen molar-refractivity contribution >= 4 is 16.9 Å². The van der Waals surface area contributed by atoms with E-state index in [-0.39, 0.29) is 11.9 Å². The number of fused-ring (bicyclic) bond motifs is 1. The highest BCUT2D eigenvalue weighted by Gasteiger charge is 2.17. The Balaban J connectivity index is 1.93. The Morgan fingerprint density at radius 1 is 1.39 bits per heavy atom. The van der Waals surface area contributed by atoms with E-state index in [1.54, 1.807) is 25.1 Å². The molecule has 7 nitrogen and oxygen atoms in total. The Bertz CT molecular complexity index is 847. The summed E-state index contributed by atoms with van der Waals surface area (Å²) in [6.45, 7) is 3.96. The molecule has 23 heavy (non-hydrogen) atoms. The first-order chi connectivity index (χ1) is 11.1. The highest BCUT2D eigenvalue weighted by atomic mass is 16.2. The lowest BCUT2D eigenvalue weighted by molar-refractivity contribution is 0.0931. The second-order valence-corrected chi connectivity index (χ2v) is 5.75. The molecule has 1 fully saturated rings. The molecule has 1 aromatic heterocycles. The lowest BCUT2D eigenvalue weighted by Crippen LogP contribution is -2.45. The lowest BCUT2D eigenvalue weighted by atomic mass is 10.1. The number of benzene rings is 1. The number of aryl methyl sites for hydroxylation is 1. The third kappa shape index (κ3) is 3.05. The summed E-state index contributed by atoms with van der Waals surface area (Å²) in [5, 5.41) is 6.24. The molecule has 1 atom stereocenters. The van der Waals surface area contributed by atoms with E-state index in [1.807, 2.05) is 0 Å². The van der Waals surface area contributed by atoms with Crippen LogP contribution in [0, 0.1) is 0 Å². The van der Waals surface area contributed by atoms with Crippen molar-refractivity contribution in [3.8, 4) is 0 Å². The first kappa shape index (κ1) is 15.5. The van der Waals surface area contributed by atoms with E-state index in [0.717, 1.165) is 25.9 Å². The predicted octanol–water partition coefficient (Wildman–Crippen LogP) is 0.192. The Morgan fingerprint density at radius 2 is 2.22 bits per heavy atom. The number of hydrogen-bond acceptors (Lipinski definition) is 4. The van der Waals surface area contributed by atoms with E-state index in [4.69, 9.17) is 0 Å². The van der Waals surface area contributed by atoms with Gasteiger partial charge in [-0.25, -0.2) is 0 Å². The predicted molar refractivity (Wildman–Crippen MR) is 87.9 cm³/mol. The molecule has 0 radical (unpaired) electrons. The fourth-order valence-corrected chi connectivity index (χ4v) is 2.98. The molecule has 2 heterocycles. The lowest BCUT2D eigenvalue weighted by Gasteiger charge is -2.23. The number of piperidine rings is 1. The molecular weight excluding hydrogens is 296 g/mol. The van der Waals surface area contributed by atoms with Gasteiger partial charge in [-0.2, -0.15) is 0 Å². The zero-order valence-corrected chi connectivity index (χ0v) is 13.0. The van der Waals surface area contributed by atoms with Crippen LogP contribution >= 0.6 is 0 Å². The number of nitrogens with zero attached hydrogens (tertiary/aromatic N) is 1. The number of rotatable bonds is 3. The third-order valence-electron chi connectivity index (χ3n) is 4.19. The molecule has 1 aliphatic heterocycles. The van der Waals surface area contributed by atoms with Crippen LogP contribution in [0.15, 0.2) is 27.8 Å². The van der Waals surface area contributed by atoms with E-state index in [1.165, 1.54) is 4.57 Å². The van der Waals surface area contributed by atoms with Crippen LogP contribution in [0.4, 0.5) is 0 Å². The zero-order chi connectivity index (χ0) is 16.4. The van der Waals surface area contributed by atoms with Gasteiger partial charge in [0.05, 0.1) is 11.0 Å². The van der Waals surface area contributed by atoms with E-state index in [0.29, 0.717) is 23.1 Å². The summed E-state index contributed by atoms with van der Waals surface area (Å²) < 4.78 is 1.40. The van der Waals surface area contributed by atoms with Crippen LogP contribution in [-0.4, -0.2) is 34.6 Å². The molecule has 1 saturated heterocycles. The van der Waals surface area contributed by atoms with Gasteiger partial charge in [0.15, 0.2) is 0 Å². The van der Waals surface area contributed by atoms with Crippen molar-refractivity contribution in [3.05, 3.63) is 44.5 Å². The molecule has 0 spiro atoms. The molecule has 122 valence electrons. The monoisotopic (exact) mass is 316 g/mol. The molecule has 0 saturated carbocycles. The minimum absolute atomic E-state index is 0.121. The first-order valence-electron chi connectivity index (χ1n) is 7.88. The van der Waals surface area contributed by atoms with Gasteiger partial charge < -0.3 is 20.2 Å². The fraction of sp³-hybridized carbons (Fsp3) is 0.438. The van der Waals surface area contributed by atoms with Crippen LogP contribution < -0.4 is 21.8 Å². The average molecular weight is 316 g/mol. The summed E-state index contributed by atoms with van der Waals surface area (Å²) in [6, 6.07) is 5.12. The Hall–Kier alpha value is -2.41. The molecular formula is C16H20N4O3. The Kier molecular flexibility index (Phi) is 4.29. The van der Waals surface area contributed by atoms with E-state index in [2.05, 4.69) is 15.6 Å². The molecule has 3 N–H and O–H groups in total. The van der Waals surface area contributed by atoms with Crippen molar-refractivity contribution in [2.24, 2.45) is 0 Å². The topological polar surface area (TPSA) is 96.0 Å². The molecule has 2 aromatic rings.